The molecule has 0 aliphatic rings. The summed E-state index contributed by atoms with van der Waals surface area (Å²) < 4.78 is 44.6. The van der Waals surface area contributed by atoms with Gasteiger partial charge >= 0.3 is 0 Å². The highest BCUT2D eigenvalue weighted by Gasteiger charge is 2.13. The summed E-state index contributed by atoms with van der Waals surface area (Å²) in [6, 6.07) is 16.1. The molecule has 30 heavy (non-hydrogen) atoms. The standard InChI is InChI=1S/C12H14N2O2S.C6H6N4O2S/c1-14(2)11-7-3-6-10-9(11)5-4-8-12(10)17(13,15)16;7-10-9-5-2-1-3-6(4-5)13(8,11)12/h3-8H,1-2H3,(H2,13,15,16);1-4H,(H2,8,11,12). The number of hydrogen-bond acceptors (Lipinski definition) is 6. The first-order valence-electron chi connectivity index (χ1n) is 8.35. The zero-order chi connectivity index (χ0) is 22.5. The van der Waals surface area contributed by atoms with E-state index in [1.807, 2.05) is 37.2 Å². The molecule has 0 heterocycles. The van der Waals surface area contributed by atoms with Crippen molar-refractivity contribution in [3.05, 3.63) is 71.1 Å². The Bertz CT molecular complexity index is 1330. The smallest absolute Gasteiger partial charge is 0.238 e. The molecule has 0 radical (unpaired) electrons. The van der Waals surface area contributed by atoms with Gasteiger partial charge in [0.25, 0.3) is 0 Å². The summed E-state index contributed by atoms with van der Waals surface area (Å²) >= 11 is 0. The van der Waals surface area contributed by atoms with Crippen molar-refractivity contribution in [2.75, 3.05) is 19.0 Å². The van der Waals surface area contributed by atoms with Crippen molar-refractivity contribution in [2.24, 2.45) is 15.4 Å². The number of benzene rings is 3. The summed E-state index contributed by atoms with van der Waals surface area (Å²) in [5.74, 6) is 0. The molecule has 0 bridgehead atoms. The van der Waals surface area contributed by atoms with E-state index in [1.165, 1.54) is 30.3 Å². The molecular formula is C18H20N6O4S2. The van der Waals surface area contributed by atoms with E-state index in [2.05, 4.69) is 10.0 Å². The van der Waals surface area contributed by atoms with Gasteiger partial charge in [0.2, 0.25) is 20.0 Å². The van der Waals surface area contributed by atoms with E-state index in [0.29, 0.717) is 5.39 Å². The highest BCUT2D eigenvalue weighted by atomic mass is 32.2. The van der Waals surface area contributed by atoms with Gasteiger partial charge in [-0.15, -0.1) is 0 Å². The summed E-state index contributed by atoms with van der Waals surface area (Å²) in [6.07, 6.45) is 0. The van der Waals surface area contributed by atoms with Gasteiger partial charge in [-0.05, 0) is 29.8 Å². The maximum atomic E-state index is 11.5. The fraction of sp³-hybridized carbons (Fsp3) is 0.111. The van der Waals surface area contributed by atoms with Crippen molar-refractivity contribution in [3.8, 4) is 0 Å². The van der Waals surface area contributed by atoms with Gasteiger partial charge in [0.05, 0.1) is 9.79 Å². The van der Waals surface area contributed by atoms with Crippen LogP contribution in [-0.2, 0) is 20.0 Å². The quantitative estimate of drug-likeness (QED) is 0.354. The van der Waals surface area contributed by atoms with Crippen molar-refractivity contribution in [2.45, 2.75) is 9.79 Å². The van der Waals surface area contributed by atoms with E-state index in [1.54, 1.807) is 12.1 Å². The molecule has 0 unspecified atom stereocenters. The van der Waals surface area contributed by atoms with E-state index < -0.39 is 20.0 Å². The normalized spacial score (nSPS) is 11.2. The molecule has 0 amide bonds. The fourth-order valence-electron chi connectivity index (χ4n) is 2.68. The van der Waals surface area contributed by atoms with Crippen LogP contribution in [-0.4, -0.2) is 30.9 Å². The third-order valence-electron chi connectivity index (χ3n) is 3.95. The lowest BCUT2D eigenvalue weighted by Crippen LogP contribution is -2.13. The second kappa shape index (κ2) is 9.11. The molecule has 0 aliphatic heterocycles. The largest absolute Gasteiger partial charge is 0.377 e. The molecule has 3 aromatic carbocycles. The zero-order valence-electron chi connectivity index (χ0n) is 16.2. The van der Waals surface area contributed by atoms with Crippen LogP contribution in [0, 0.1) is 0 Å². The van der Waals surface area contributed by atoms with Gasteiger partial charge in [-0.1, -0.05) is 41.5 Å². The van der Waals surface area contributed by atoms with Gasteiger partial charge in [0, 0.05) is 41.2 Å². The third kappa shape index (κ3) is 5.69. The first-order valence-corrected chi connectivity index (χ1v) is 11.4. The number of azide groups is 1. The molecule has 0 atom stereocenters. The Morgan fingerprint density at radius 2 is 1.47 bits per heavy atom. The lowest BCUT2D eigenvalue weighted by Gasteiger charge is -2.16. The van der Waals surface area contributed by atoms with Gasteiger partial charge in [-0.25, -0.2) is 27.1 Å². The molecule has 3 aromatic rings. The minimum absolute atomic E-state index is 0.0719. The van der Waals surface area contributed by atoms with Crippen LogP contribution in [0.5, 0.6) is 0 Å². The van der Waals surface area contributed by atoms with Crippen molar-refractivity contribution in [1.82, 2.24) is 0 Å². The summed E-state index contributed by atoms with van der Waals surface area (Å²) in [5.41, 5.74) is 9.27. The average Bonchev–Trinajstić information content (AvgIpc) is 2.66. The molecular weight excluding hydrogens is 428 g/mol. The predicted octanol–water partition coefficient (Wildman–Crippen LogP) is 2.83. The van der Waals surface area contributed by atoms with Crippen LogP contribution in [0.4, 0.5) is 11.4 Å². The van der Waals surface area contributed by atoms with Gasteiger partial charge in [-0.3, -0.25) is 0 Å². The Labute approximate surface area is 174 Å². The number of nitrogens with zero attached hydrogens (tertiary/aromatic N) is 4. The van der Waals surface area contributed by atoms with Gasteiger partial charge < -0.3 is 4.90 Å². The van der Waals surface area contributed by atoms with Crippen LogP contribution in [0.1, 0.15) is 0 Å². The van der Waals surface area contributed by atoms with Crippen LogP contribution in [0.15, 0.2) is 75.6 Å². The topological polar surface area (TPSA) is 172 Å². The van der Waals surface area contributed by atoms with Crippen LogP contribution in [0.25, 0.3) is 21.2 Å². The molecule has 0 saturated heterocycles. The summed E-state index contributed by atoms with van der Waals surface area (Å²) in [5, 5.41) is 14.8. The molecule has 0 saturated carbocycles. The Balaban J connectivity index is 0.000000222. The molecule has 158 valence electrons. The van der Waals surface area contributed by atoms with E-state index >= 15 is 0 Å². The first-order chi connectivity index (χ1) is 13.9. The molecule has 3 rings (SSSR count). The lowest BCUT2D eigenvalue weighted by atomic mass is 10.1. The maximum absolute atomic E-state index is 11.5. The molecule has 0 aromatic heterocycles. The number of hydrogen-bond donors (Lipinski definition) is 2. The Morgan fingerprint density at radius 1 is 0.867 bits per heavy atom. The molecule has 10 nitrogen and oxygen atoms in total. The van der Waals surface area contributed by atoms with Crippen LogP contribution < -0.4 is 15.2 Å². The van der Waals surface area contributed by atoms with Gasteiger partial charge in [0.1, 0.15) is 0 Å². The van der Waals surface area contributed by atoms with Crippen molar-refractivity contribution >= 4 is 42.2 Å². The van der Waals surface area contributed by atoms with Crippen LogP contribution >= 0.6 is 0 Å². The van der Waals surface area contributed by atoms with Crippen molar-refractivity contribution in [1.29, 1.82) is 0 Å². The number of sulfonamides is 2. The Morgan fingerprint density at radius 3 is 2.03 bits per heavy atom. The van der Waals surface area contributed by atoms with Crippen LogP contribution in [0.2, 0.25) is 0 Å². The first kappa shape index (κ1) is 23.1. The molecule has 0 spiro atoms. The molecule has 0 fully saturated rings. The number of fused-ring (bicyclic) bond motifs is 1. The molecule has 12 heteroatoms. The average molecular weight is 449 g/mol. The molecule has 0 aliphatic carbocycles. The van der Waals surface area contributed by atoms with Crippen LogP contribution in [0.3, 0.4) is 0 Å². The summed E-state index contributed by atoms with van der Waals surface area (Å²) in [7, 11) is -3.59. The van der Waals surface area contributed by atoms with Crippen molar-refractivity contribution in [3.63, 3.8) is 0 Å². The van der Waals surface area contributed by atoms with E-state index in [-0.39, 0.29) is 15.5 Å². The summed E-state index contributed by atoms with van der Waals surface area (Å²) in [6.45, 7) is 0. The monoisotopic (exact) mass is 448 g/mol. The number of rotatable bonds is 4. The Hall–Kier alpha value is -3.15. The predicted molar refractivity (Wildman–Crippen MR) is 116 cm³/mol. The Kier molecular flexibility index (Phi) is 7.03. The minimum Gasteiger partial charge on any atom is -0.377 e. The van der Waals surface area contributed by atoms with Crippen molar-refractivity contribution < 1.29 is 16.8 Å². The van der Waals surface area contributed by atoms with E-state index in [9.17, 15) is 16.8 Å². The third-order valence-corrected chi connectivity index (χ3v) is 5.83. The van der Waals surface area contributed by atoms with E-state index in [0.717, 1.165) is 11.1 Å². The SMILES string of the molecule is CN(C)c1cccc2c(S(N)(=O)=O)cccc12.[N-]=[N+]=Nc1cccc(S(N)(=O)=O)c1. The fourth-order valence-corrected chi connectivity index (χ4v) is 3.98. The minimum atomic E-state index is -3.73. The zero-order valence-corrected chi connectivity index (χ0v) is 17.8. The van der Waals surface area contributed by atoms with Gasteiger partial charge in [-0.2, -0.15) is 0 Å². The maximum Gasteiger partial charge on any atom is 0.238 e. The highest BCUT2D eigenvalue weighted by molar-refractivity contribution is 7.89. The number of nitrogens with two attached hydrogens (primary N) is 2. The highest BCUT2D eigenvalue weighted by Crippen LogP contribution is 2.29. The van der Waals surface area contributed by atoms with Gasteiger partial charge in [0.15, 0.2) is 0 Å². The number of anilines is 1. The molecule has 4 N–H and O–H groups in total. The van der Waals surface area contributed by atoms with E-state index in [4.69, 9.17) is 15.8 Å². The number of primary sulfonamides is 2. The summed E-state index contributed by atoms with van der Waals surface area (Å²) in [4.78, 5) is 4.55. The lowest BCUT2D eigenvalue weighted by molar-refractivity contribution is 0.596. The second-order valence-corrected chi connectivity index (χ2v) is 9.39. The second-order valence-electron chi connectivity index (χ2n) is 6.30.